The molecule has 1 saturated carbocycles. The zero-order valence-electron chi connectivity index (χ0n) is 17.0. The van der Waals surface area contributed by atoms with Crippen LogP contribution < -0.4 is 9.44 Å². The van der Waals surface area contributed by atoms with Crippen LogP contribution in [0, 0.1) is 17.8 Å². The van der Waals surface area contributed by atoms with Crippen LogP contribution in [0.4, 0.5) is 5.69 Å². The van der Waals surface area contributed by atoms with Gasteiger partial charge in [-0.15, -0.1) is 0 Å². The Labute approximate surface area is 185 Å². The first kappa shape index (κ1) is 23.4. The second kappa shape index (κ2) is 10.4. The molecule has 1 unspecified atom stereocenters. The number of aliphatic hydroxyl groups is 1. The number of benzene rings is 2. The van der Waals surface area contributed by atoms with Crippen LogP contribution in [0.25, 0.3) is 0 Å². The summed E-state index contributed by atoms with van der Waals surface area (Å²) in [5.41, 5.74) is 2.20. The first-order valence-electron chi connectivity index (χ1n) is 10.0. The maximum atomic E-state index is 12.0. The van der Waals surface area contributed by atoms with Crippen LogP contribution in [0.15, 0.2) is 47.4 Å². The number of nitrogens with two attached hydrogens (primary N) is 1. The fourth-order valence-electron chi connectivity index (χ4n) is 3.61. The monoisotopic (exact) mass is 462 g/mol. The molecule has 1 aliphatic carbocycles. The van der Waals surface area contributed by atoms with Crippen molar-refractivity contribution in [2.24, 2.45) is 11.1 Å². The van der Waals surface area contributed by atoms with E-state index in [-0.39, 0.29) is 23.7 Å². The van der Waals surface area contributed by atoms with Crippen molar-refractivity contribution in [1.29, 1.82) is 0 Å². The van der Waals surface area contributed by atoms with Gasteiger partial charge in [-0.3, -0.25) is 8.86 Å². The van der Waals surface area contributed by atoms with E-state index in [0.717, 1.165) is 15.4 Å². The molecule has 0 aromatic heterocycles. The molecule has 166 valence electrons. The number of primary sulfonamides is 1. The summed E-state index contributed by atoms with van der Waals surface area (Å²) in [5.74, 6) is 7.01. The minimum absolute atomic E-state index is 0.0135. The summed E-state index contributed by atoms with van der Waals surface area (Å²) < 4.78 is 46.8. The molecule has 0 heterocycles. The molecule has 9 heteroatoms. The maximum absolute atomic E-state index is 12.0. The summed E-state index contributed by atoms with van der Waals surface area (Å²) in [6.45, 7) is -0.280. The third-order valence-corrected chi connectivity index (χ3v) is 7.00. The van der Waals surface area contributed by atoms with E-state index < -0.39 is 21.3 Å². The molecular formula is C22H26N2O5S2. The topological polar surface area (TPSA) is 121 Å². The van der Waals surface area contributed by atoms with Gasteiger partial charge in [-0.05, 0) is 54.7 Å². The average Bonchev–Trinajstić information content (AvgIpc) is 3.26. The number of nitrogens with zero attached hydrogens (tertiary/aromatic N) is 1. The van der Waals surface area contributed by atoms with Crippen molar-refractivity contribution >= 4 is 27.0 Å². The van der Waals surface area contributed by atoms with Crippen molar-refractivity contribution in [3.05, 3.63) is 59.2 Å². The third kappa shape index (κ3) is 6.38. The lowest BCUT2D eigenvalue weighted by Gasteiger charge is -2.22. The summed E-state index contributed by atoms with van der Waals surface area (Å²) >= 11 is -2.46. The molecule has 1 aliphatic rings. The predicted octanol–water partition coefficient (Wildman–Crippen LogP) is 2.55. The van der Waals surface area contributed by atoms with Gasteiger partial charge in [0.05, 0.1) is 12.3 Å². The van der Waals surface area contributed by atoms with Gasteiger partial charge in [0.15, 0.2) is 0 Å². The van der Waals surface area contributed by atoms with Gasteiger partial charge in [-0.25, -0.2) is 17.8 Å². The van der Waals surface area contributed by atoms with Crippen molar-refractivity contribution in [2.45, 2.75) is 43.6 Å². The van der Waals surface area contributed by atoms with E-state index in [9.17, 15) is 22.3 Å². The van der Waals surface area contributed by atoms with Crippen LogP contribution in [0.2, 0.25) is 0 Å². The lowest BCUT2D eigenvalue weighted by molar-refractivity contribution is 0.281. The van der Waals surface area contributed by atoms with E-state index in [4.69, 9.17) is 5.14 Å². The Balaban J connectivity index is 1.75. The fraction of sp³-hybridized carbons (Fsp3) is 0.364. The van der Waals surface area contributed by atoms with Gasteiger partial charge in [-0.1, -0.05) is 42.9 Å². The summed E-state index contributed by atoms with van der Waals surface area (Å²) in [6, 6.07) is 11.7. The summed E-state index contributed by atoms with van der Waals surface area (Å²) in [6.07, 6.45) is 5.24. The number of hydrogen-bond donors (Lipinski definition) is 3. The molecule has 2 aromatic carbocycles. The van der Waals surface area contributed by atoms with Crippen molar-refractivity contribution in [1.82, 2.24) is 0 Å². The highest BCUT2D eigenvalue weighted by atomic mass is 32.2. The molecule has 0 bridgehead atoms. The van der Waals surface area contributed by atoms with Gasteiger partial charge in [0, 0.05) is 18.0 Å². The lowest BCUT2D eigenvalue weighted by atomic mass is 10.1. The lowest BCUT2D eigenvalue weighted by Crippen LogP contribution is -2.30. The molecule has 31 heavy (non-hydrogen) atoms. The van der Waals surface area contributed by atoms with Crippen molar-refractivity contribution in [3.8, 4) is 11.8 Å². The smallest absolute Gasteiger partial charge is 0.261 e. The van der Waals surface area contributed by atoms with Crippen LogP contribution in [0.5, 0.6) is 0 Å². The quantitative estimate of drug-likeness (QED) is 0.431. The number of anilines is 1. The highest BCUT2D eigenvalue weighted by molar-refractivity contribution is 7.89. The first-order valence-corrected chi connectivity index (χ1v) is 12.6. The zero-order valence-corrected chi connectivity index (χ0v) is 18.7. The Hall–Kier alpha value is -2.22. The Morgan fingerprint density at radius 2 is 1.74 bits per heavy atom. The number of sulfonamides is 1. The summed E-state index contributed by atoms with van der Waals surface area (Å²) in [4.78, 5) is -0.306. The molecule has 0 amide bonds. The van der Waals surface area contributed by atoms with Gasteiger partial charge in [0.2, 0.25) is 10.0 Å². The van der Waals surface area contributed by atoms with E-state index in [0.29, 0.717) is 17.9 Å². The molecule has 0 aliphatic heterocycles. The molecule has 4 N–H and O–H groups in total. The van der Waals surface area contributed by atoms with Gasteiger partial charge >= 0.3 is 0 Å². The second-order valence-electron chi connectivity index (χ2n) is 7.54. The SMILES string of the molecule is NS(=O)(=O)c1cc(CO)ccc1N(CCc1ccc(C#CC2CCCC2)cc1)S(=O)O. The van der Waals surface area contributed by atoms with Gasteiger partial charge in [0.1, 0.15) is 4.90 Å². The Morgan fingerprint density at radius 3 is 2.32 bits per heavy atom. The second-order valence-corrected chi connectivity index (χ2v) is 9.97. The van der Waals surface area contributed by atoms with E-state index >= 15 is 0 Å². The third-order valence-electron chi connectivity index (χ3n) is 5.30. The molecule has 1 fully saturated rings. The normalized spacial score (nSPS) is 15.3. The molecule has 3 rings (SSSR count). The minimum atomic E-state index is -4.16. The molecule has 7 nitrogen and oxygen atoms in total. The Morgan fingerprint density at radius 1 is 1.10 bits per heavy atom. The van der Waals surface area contributed by atoms with Gasteiger partial charge in [-0.2, -0.15) is 0 Å². The van der Waals surface area contributed by atoms with Crippen LogP contribution in [0.3, 0.4) is 0 Å². The van der Waals surface area contributed by atoms with Gasteiger partial charge in [0.25, 0.3) is 11.3 Å². The number of hydrogen-bond acceptors (Lipinski definition) is 4. The van der Waals surface area contributed by atoms with Gasteiger partial charge < -0.3 is 5.11 Å². The van der Waals surface area contributed by atoms with Crippen LogP contribution in [-0.4, -0.2) is 28.8 Å². The Bertz CT molecular complexity index is 1100. The number of aliphatic hydroxyl groups excluding tert-OH is 1. The highest BCUT2D eigenvalue weighted by Gasteiger charge is 2.22. The molecule has 1 atom stereocenters. The average molecular weight is 463 g/mol. The Kier molecular flexibility index (Phi) is 7.86. The van der Waals surface area contributed by atoms with E-state index in [1.807, 2.05) is 24.3 Å². The number of rotatable bonds is 7. The molecule has 2 aromatic rings. The largest absolute Gasteiger partial charge is 0.392 e. The van der Waals surface area contributed by atoms with Crippen LogP contribution in [0.1, 0.15) is 42.4 Å². The van der Waals surface area contributed by atoms with E-state index in [1.165, 1.54) is 43.9 Å². The molecule has 0 spiro atoms. The zero-order chi connectivity index (χ0) is 22.4. The predicted molar refractivity (Wildman–Crippen MR) is 121 cm³/mol. The molecule has 0 saturated heterocycles. The van der Waals surface area contributed by atoms with Crippen LogP contribution in [-0.2, 0) is 34.3 Å². The highest BCUT2D eigenvalue weighted by Crippen LogP contribution is 2.27. The molecule has 0 radical (unpaired) electrons. The van der Waals surface area contributed by atoms with Crippen molar-refractivity contribution in [2.75, 3.05) is 10.8 Å². The maximum Gasteiger partial charge on any atom is 0.261 e. The van der Waals surface area contributed by atoms with E-state index in [1.54, 1.807) is 0 Å². The minimum Gasteiger partial charge on any atom is -0.392 e. The van der Waals surface area contributed by atoms with Crippen molar-refractivity contribution in [3.63, 3.8) is 0 Å². The fourth-order valence-corrected chi connectivity index (χ4v) is 5.03. The standard InChI is InChI=1S/C22H26N2O5S2/c23-31(28,29)22-15-20(16-25)11-12-21(22)24(30(26)27)14-13-19-9-7-18(8-10-19)6-5-17-3-1-2-4-17/h7-12,15,17,25H,1-4,13-14,16H2,(H,26,27)(H2,23,28,29). The first-order chi connectivity index (χ1) is 14.8. The van der Waals surface area contributed by atoms with Crippen LogP contribution >= 0.6 is 0 Å². The van der Waals surface area contributed by atoms with Crippen molar-refractivity contribution < 1.29 is 22.3 Å². The van der Waals surface area contributed by atoms with E-state index in [2.05, 4.69) is 11.8 Å². The summed E-state index contributed by atoms with van der Waals surface area (Å²) in [7, 11) is -4.16. The summed E-state index contributed by atoms with van der Waals surface area (Å²) in [5, 5.41) is 14.6. The molecular weight excluding hydrogens is 436 g/mol.